The maximum Gasteiger partial charge on any atom is 0.261 e. The molecule has 0 saturated heterocycles. The van der Waals surface area contributed by atoms with Crippen LogP contribution in [0.15, 0.2) is 31.0 Å². The van der Waals surface area contributed by atoms with E-state index in [9.17, 15) is 4.79 Å². The first-order chi connectivity index (χ1) is 10.5. The first-order valence-corrected chi connectivity index (χ1v) is 6.67. The number of aromatic nitrogens is 2. The SMILES string of the molecule is C=Cn1ncc(C(=O)Nc2cc(C)cc(OCCO)c2)c1N. The highest BCUT2D eigenvalue weighted by Crippen LogP contribution is 2.22. The van der Waals surface area contributed by atoms with Crippen molar-refractivity contribution in [3.63, 3.8) is 0 Å². The summed E-state index contributed by atoms with van der Waals surface area (Å²) >= 11 is 0. The van der Waals surface area contributed by atoms with Gasteiger partial charge in [0.25, 0.3) is 5.91 Å². The van der Waals surface area contributed by atoms with Crippen LogP contribution in [0.4, 0.5) is 11.5 Å². The van der Waals surface area contributed by atoms with E-state index in [2.05, 4.69) is 17.0 Å². The maximum absolute atomic E-state index is 12.2. The lowest BCUT2D eigenvalue weighted by atomic mass is 10.2. The number of rotatable bonds is 6. The molecule has 1 aromatic heterocycles. The second kappa shape index (κ2) is 6.77. The zero-order valence-corrected chi connectivity index (χ0v) is 12.2. The minimum absolute atomic E-state index is 0.0765. The molecule has 1 heterocycles. The minimum atomic E-state index is -0.371. The summed E-state index contributed by atoms with van der Waals surface area (Å²) in [5, 5.41) is 15.5. The summed E-state index contributed by atoms with van der Waals surface area (Å²) < 4.78 is 6.67. The van der Waals surface area contributed by atoms with E-state index in [1.165, 1.54) is 17.1 Å². The number of ether oxygens (including phenoxy) is 1. The van der Waals surface area contributed by atoms with Crippen molar-refractivity contribution in [3.8, 4) is 5.75 Å². The molecule has 2 aromatic rings. The molecule has 0 saturated carbocycles. The predicted molar refractivity (Wildman–Crippen MR) is 84.7 cm³/mol. The van der Waals surface area contributed by atoms with Gasteiger partial charge in [0, 0.05) is 18.0 Å². The van der Waals surface area contributed by atoms with Crippen molar-refractivity contribution in [2.75, 3.05) is 24.3 Å². The highest BCUT2D eigenvalue weighted by molar-refractivity contribution is 6.07. The summed E-state index contributed by atoms with van der Waals surface area (Å²) in [7, 11) is 0. The lowest BCUT2D eigenvalue weighted by Gasteiger charge is -2.10. The van der Waals surface area contributed by atoms with Gasteiger partial charge in [-0.15, -0.1) is 0 Å². The molecule has 0 fully saturated rings. The first kappa shape index (κ1) is 15.6. The summed E-state index contributed by atoms with van der Waals surface area (Å²) in [6.45, 7) is 5.55. The lowest BCUT2D eigenvalue weighted by Crippen LogP contribution is -2.14. The molecule has 1 aromatic carbocycles. The van der Waals surface area contributed by atoms with Gasteiger partial charge in [-0.2, -0.15) is 5.10 Å². The molecule has 0 radical (unpaired) electrons. The highest BCUT2D eigenvalue weighted by Gasteiger charge is 2.14. The van der Waals surface area contributed by atoms with Crippen LogP contribution in [0.1, 0.15) is 15.9 Å². The van der Waals surface area contributed by atoms with E-state index in [1.807, 2.05) is 13.0 Å². The number of aliphatic hydroxyl groups excluding tert-OH is 1. The Balaban J connectivity index is 2.18. The highest BCUT2D eigenvalue weighted by atomic mass is 16.5. The Bertz CT molecular complexity index is 694. The number of carbonyl (C=O) groups excluding carboxylic acids is 1. The van der Waals surface area contributed by atoms with Crippen molar-refractivity contribution in [1.82, 2.24) is 9.78 Å². The molecular formula is C15H18N4O3. The van der Waals surface area contributed by atoms with E-state index < -0.39 is 0 Å². The van der Waals surface area contributed by atoms with Crippen LogP contribution in [0, 0.1) is 6.92 Å². The number of amides is 1. The van der Waals surface area contributed by atoms with Gasteiger partial charge < -0.3 is 20.9 Å². The van der Waals surface area contributed by atoms with E-state index in [-0.39, 0.29) is 30.5 Å². The molecule has 4 N–H and O–H groups in total. The third kappa shape index (κ3) is 3.44. The Morgan fingerprint density at radius 1 is 1.55 bits per heavy atom. The Hall–Kier alpha value is -2.80. The Morgan fingerprint density at radius 2 is 2.32 bits per heavy atom. The quantitative estimate of drug-likeness (QED) is 0.750. The van der Waals surface area contributed by atoms with Gasteiger partial charge in [-0.05, 0) is 24.6 Å². The molecule has 0 aliphatic rings. The summed E-state index contributed by atoms with van der Waals surface area (Å²) in [6.07, 6.45) is 2.80. The third-order valence-corrected chi connectivity index (χ3v) is 2.92. The van der Waals surface area contributed by atoms with E-state index in [0.717, 1.165) is 5.56 Å². The normalized spacial score (nSPS) is 10.3. The number of benzene rings is 1. The minimum Gasteiger partial charge on any atom is -0.491 e. The smallest absolute Gasteiger partial charge is 0.261 e. The van der Waals surface area contributed by atoms with Crippen molar-refractivity contribution in [1.29, 1.82) is 0 Å². The largest absolute Gasteiger partial charge is 0.491 e. The molecule has 0 aliphatic carbocycles. The lowest BCUT2D eigenvalue weighted by molar-refractivity contribution is 0.102. The second-order valence-corrected chi connectivity index (χ2v) is 4.63. The fourth-order valence-electron chi connectivity index (χ4n) is 1.96. The number of aryl methyl sites for hydroxylation is 1. The molecule has 7 heteroatoms. The maximum atomic E-state index is 12.2. The van der Waals surface area contributed by atoms with Gasteiger partial charge in [-0.3, -0.25) is 4.79 Å². The number of carbonyl (C=O) groups is 1. The van der Waals surface area contributed by atoms with E-state index >= 15 is 0 Å². The van der Waals surface area contributed by atoms with Crippen LogP contribution in [0.5, 0.6) is 5.75 Å². The number of nitrogen functional groups attached to an aromatic ring is 1. The predicted octanol–water partition coefficient (Wildman–Crippen LogP) is 1.50. The molecule has 1 amide bonds. The molecule has 0 unspecified atom stereocenters. The van der Waals surface area contributed by atoms with Gasteiger partial charge in [0.05, 0.1) is 12.8 Å². The van der Waals surface area contributed by atoms with Gasteiger partial charge in [-0.1, -0.05) is 6.58 Å². The van der Waals surface area contributed by atoms with Crippen LogP contribution in [0.2, 0.25) is 0 Å². The first-order valence-electron chi connectivity index (χ1n) is 6.67. The van der Waals surface area contributed by atoms with Crippen molar-refractivity contribution in [2.45, 2.75) is 6.92 Å². The van der Waals surface area contributed by atoms with Gasteiger partial charge in [0.15, 0.2) is 0 Å². The van der Waals surface area contributed by atoms with Crippen LogP contribution >= 0.6 is 0 Å². The summed E-state index contributed by atoms with van der Waals surface area (Å²) in [4.78, 5) is 12.2. The number of hydrogen-bond acceptors (Lipinski definition) is 5. The standard InChI is InChI=1S/C15H18N4O3/c1-3-19-14(16)13(9-17-19)15(21)18-11-6-10(2)7-12(8-11)22-5-4-20/h3,6-9,20H,1,4-5,16H2,2H3,(H,18,21). The Labute approximate surface area is 128 Å². The Kier molecular flexibility index (Phi) is 4.80. The van der Waals surface area contributed by atoms with Crippen LogP contribution in [0.3, 0.4) is 0 Å². The van der Waals surface area contributed by atoms with Crippen molar-refractivity contribution >= 4 is 23.6 Å². The average Bonchev–Trinajstić information content (AvgIpc) is 2.85. The third-order valence-electron chi connectivity index (χ3n) is 2.92. The molecule has 0 atom stereocenters. The fraction of sp³-hybridized carbons (Fsp3) is 0.200. The van der Waals surface area contributed by atoms with E-state index in [4.69, 9.17) is 15.6 Å². The number of hydrogen-bond donors (Lipinski definition) is 3. The zero-order chi connectivity index (χ0) is 16.1. The van der Waals surface area contributed by atoms with E-state index in [1.54, 1.807) is 12.1 Å². The van der Waals surface area contributed by atoms with Gasteiger partial charge in [-0.25, -0.2) is 4.68 Å². The molecule has 0 bridgehead atoms. The summed E-state index contributed by atoms with van der Waals surface area (Å²) in [5.41, 5.74) is 7.56. The summed E-state index contributed by atoms with van der Waals surface area (Å²) in [6, 6.07) is 5.29. The monoisotopic (exact) mass is 302 g/mol. The average molecular weight is 302 g/mol. The second-order valence-electron chi connectivity index (χ2n) is 4.63. The number of anilines is 2. The topological polar surface area (TPSA) is 102 Å². The zero-order valence-electron chi connectivity index (χ0n) is 12.2. The molecule has 0 aliphatic heterocycles. The number of aliphatic hydroxyl groups is 1. The molecule has 0 spiro atoms. The van der Waals surface area contributed by atoms with Crippen LogP contribution < -0.4 is 15.8 Å². The fourth-order valence-corrected chi connectivity index (χ4v) is 1.96. The molecule has 2 rings (SSSR count). The van der Waals surface area contributed by atoms with Crippen molar-refractivity contribution < 1.29 is 14.6 Å². The van der Waals surface area contributed by atoms with Crippen LogP contribution in [0.25, 0.3) is 6.20 Å². The van der Waals surface area contributed by atoms with Gasteiger partial charge in [0.2, 0.25) is 0 Å². The molecule has 22 heavy (non-hydrogen) atoms. The number of nitrogens with zero attached hydrogens (tertiary/aromatic N) is 2. The molecular weight excluding hydrogens is 284 g/mol. The number of nitrogens with two attached hydrogens (primary N) is 1. The molecule has 7 nitrogen and oxygen atoms in total. The van der Waals surface area contributed by atoms with E-state index in [0.29, 0.717) is 11.4 Å². The van der Waals surface area contributed by atoms with Crippen LogP contribution in [-0.4, -0.2) is 34.0 Å². The van der Waals surface area contributed by atoms with Crippen LogP contribution in [-0.2, 0) is 0 Å². The van der Waals surface area contributed by atoms with Gasteiger partial charge >= 0.3 is 0 Å². The van der Waals surface area contributed by atoms with Crippen molar-refractivity contribution in [2.24, 2.45) is 0 Å². The number of nitrogens with one attached hydrogen (secondary N) is 1. The molecule has 116 valence electrons. The van der Waals surface area contributed by atoms with Crippen molar-refractivity contribution in [3.05, 3.63) is 42.1 Å². The van der Waals surface area contributed by atoms with Gasteiger partial charge in [0.1, 0.15) is 23.7 Å². The summed E-state index contributed by atoms with van der Waals surface area (Å²) in [5.74, 6) is 0.417. The Morgan fingerprint density at radius 3 is 2.95 bits per heavy atom.